The van der Waals surface area contributed by atoms with Crippen molar-refractivity contribution in [3.8, 4) is 0 Å². The van der Waals surface area contributed by atoms with E-state index in [0.29, 0.717) is 38.5 Å². The first-order valence-corrected chi connectivity index (χ1v) is 7.37. The highest BCUT2D eigenvalue weighted by atomic mass is 16.4. The Kier molecular flexibility index (Phi) is 3.19. The highest BCUT2D eigenvalue weighted by Crippen LogP contribution is 2.51. The summed E-state index contributed by atoms with van der Waals surface area (Å²) in [4.78, 5) is 36.1. The maximum atomic E-state index is 12.1. The second-order valence-corrected chi connectivity index (χ2v) is 6.18. The van der Waals surface area contributed by atoms with Gasteiger partial charge >= 0.3 is 5.97 Å². The minimum atomic E-state index is -0.963. The summed E-state index contributed by atoms with van der Waals surface area (Å²) in [6.07, 6.45) is 2.08. The lowest BCUT2D eigenvalue weighted by Crippen LogP contribution is -2.46. The van der Waals surface area contributed by atoms with Crippen LogP contribution in [0.2, 0.25) is 0 Å². The summed E-state index contributed by atoms with van der Waals surface area (Å²) in [5.41, 5.74) is -1.08. The van der Waals surface area contributed by atoms with Gasteiger partial charge in [0.15, 0.2) is 0 Å². The van der Waals surface area contributed by atoms with E-state index in [0.717, 1.165) is 5.56 Å². The van der Waals surface area contributed by atoms with Gasteiger partial charge in [0.1, 0.15) is 11.6 Å². The van der Waals surface area contributed by atoms with Gasteiger partial charge in [-0.25, -0.2) is 0 Å². The number of carbonyl (C=O) groups is 3. The van der Waals surface area contributed by atoms with Crippen LogP contribution >= 0.6 is 0 Å². The minimum absolute atomic E-state index is 0.0135. The number of aliphatic carboxylic acids is 1. The molecule has 1 N–H and O–H groups in total. The molecule has 0 aliphatic heterocycles. The molecule has 0 amide bonds. The molecule has 2 saturated carbocycles. The van der Waals surface area contributed by atoms with Gasteiger partial charge in [0.05, 0.1) is 10.8 Å². The predicted molar refractivity (Wildman–Crippen MR) is 75.9 cm³/mol. The number of Topliss-reactive ketones (excluding diaryl/α,β-unsaturated/α-hetero) is 2. The van der Waals surface area contributed by atoms with Crippen LogP contribution in [0.15, 0.2) is 30.3 Å². The van der Waals surface area contributed by atoms with Crippen molar-refractivity contribution in [1.82, 2.24) is 0 Å². The molecule has 1 aromatic carbocycles. The quantitative estimate of drug-likeness (QED) is 0.848. The molecule has 2 aliphatic carbocycles. The first kappa shape index (κ1) is 14.0. The molecular weight excluding hydrogens is 268 g/mol. The molecule has 0 bridgehead atoms. The Hall–Kier alpha value is -1.97. The Labute approximate surface area is 123 Å². The van der Waals surface area contributed by atoms with Crippen molar-refractivity contribution in [1.29, 1.82) is 0 Å². The van der Waals surface area contributed by atoms with Crippen molar-refractivity contribution in [3.05, 3.63) is 35.9 Å². The van der Waals surface area contributed by atoms with Crippen LogP contribution in [0.5, 0.6) is 0 Å². The Morgan fingerprint density at radius 1 is 0.905 bits per heavy atom. The number of carboxylic acid groups (broad SMARTS) is 1. The molecule has 0 saturated heterocycles. The molecule has 0 unspecified atom stereocenters. The van der Waals surface area contributed by atoms with E-state index in [4.69, 9.17) is 0 Å². The van der Waals surface area contributed by atoms with Gasteiger partial charge < -0.3 is 5.11 Å². The Balaban J connectivity index is 1.93. The van der Waals surface area contributed by atoms with Crippen molar-refractivity contribution in [2.24, 2.45) is 5.41 Å². The third kappa shape index (κ3) is 1.93. The number of benzene rings is 1. The fraction of sp³-hybridized carbons (Fsp3) is 0.471. The van der Waals surface area contributed by atoms with Crippen molar-refractivity contribution in [2.75, 3.05) is 0 Å². The van der Waals surface area contributed by atoms with E-state index in [-0.39, 0.29) is 11.6 Å². The standard InChI is InChI=1S/C17H18O4/c18-13-6-7-14(19)17(13)10-8-16(9-11-17,15(20)21)12-4-2-1-3-5-12/h1-5H,6-11H2,(H,20,21). The fourth-order valence-corrected chi connectivity index (χ4v) is 3.91. The molecule has 0 heterocycles. The fourth-order valence-electron chi connectivity index (χ4n) is 3.91. The predicted octanol–water partition coefficient (Wildman–Crippen LogP) is 2.50. The average Bonchev–Trinajstić information content (AvgIpc) is 2.78. The molecule has 4 heteroatoms. The van der Waals surface area contributed by atoms with E-state index in [1.807, 2.05) is 30.3 Å². The zero-order valence-electron chi connectivity index (χ0n) is 11.8. The number of hydrogen-bond acceptors (Lipinski definition) is 3. The van der Waals surface area contributed by atoms with Crippen LogP contribution in [0.4, 0.5) is 0 Å². The lowest BCUT2D eigenvalue weighted by atomic mass is 9.60. The topological polar surface area (TPSA) is 71.4 Å². The van der Waals surface area contributed by atoms with Crippen LogP contribution in [0.1, 0.15) is 44.1 Å². The minimum Gasteiger partial charge on any atom is -0.481 e. The molecule has 0 atom stereocenters. The summed E-state index contributed by atoms with van der Waals surface area (Å²) >= 11 is 0. The zero-order valence-corrected chi connectivity index (χ0v) is 11.8. The summed E-state index contributed by atoms with van der Waals surface area (Å²) < 4.78 is 0. The highest BCUT2D eigenvalue weighted by molar-refractivity contribution is 6.13. The van der Waals surface area contributed by atoms with Gasteiger partial charge in [0.25, 0.3) is 0 Å². The third-order valence-electron chi connectivity index (χ3n) is 5.34. The summed E-state index contributed by atoms with van der Waals surface area (Å²) in [5, 5.41) is 9.74. The number of hydrogen-bond donors (Lipinski definition) is 1. The van der Waals surface area contributed by atoms with Gasteiger partial charge in [-0.15, -0.1) is 0 Å². The SMILES string of the molecule is O=C1CCC(=O)C12CCC(C(=O)O)(c1ccccc1)CC2. The van der Waals surface area contributed by atoms with E-state index < -0.39 is 16.8 Å². The monoisotopic (exact) mass is 286 g/mol. The summed E-state index contributed by atoms with van der Waals surface area (Å²) in [6, 6.07) is 9.16. The molecular formula is C17H18O4. The first-order chi connectivity index (χ1) is 10.0. The molecule has 3 rings (SSSR count). The van der Waals surface area contributed by atoms with Crippen molar-refractivity contribution in [2.45, 2.75) is 43.9 Å². The third-order valence-corrected chi connectivity index (χ3v) is 5.34. The summed E-state index contributed by atoms with van der Waals surface area (Å²) in [5.74, 6) is -0.833. The Bertz CT molecular complexity index is 576. The number of rotatable bonds is 2. The van der Waals surface area contributed by atoms with Crippen LogP contribution in [0, 0.1) is 5.41 Å². The zero-order chi connectivity index (χ0) is 15.1. The van der Waals surface area contributed by atoms with E-state index in [1.165, 1.54) is 0 Å². The lowest BCUT2D eigenvalue weighted by molar-refractivity contribution is -0.150. The van der Waals surface area contributed by atoms with Gasteiger partial charge in [-0.1, -0.05) is 30.3 Å². The molecule has 4 nitrogen and oxygen atoms in total. The van der Waals surface area contributed by atoms with Crippen LogP contribution in [0.25, 0.3) is 0 Å². The van der Waals surface area contributed by atoms with E-state index in [2.05, 4.69) is 0 Å². The molecule has 0 radical (unpaired) electrons. The molecule has 2 fully saturated rings. The Morgan fingerprint density at radius 3 is 1.90 bits per heavy atom. The smallest absolute Gasteiger partial charge is 0.314 e. The molecule has 110 valence electrons. The van der Waals surface area contributed by atoms with Gasteiger partial charge in [0.2, 0.25) is 0 Å². The number of carbonyl (C=O) groups excluding carboxylic acids is 2. The molecule has 0 aromatic heterocycles. The van der Waals surface area contributed by atoms with Gasteiger partial charge in [-0.2, -0.15) is 0 Å². The summed E-state index contributed by atoms with van der Waals surface area (Å²) in [6.45, 7) is 0. The van der Waals surface area contributed by atoms with Crippen LogP contribution in [-0.4, -0.2) is 22.6 Å². The maximum absolute atomic E-state index is 12.1. The van der Waals surface area contributed by atoms with E-state index >= 15 is 0 Å². The van der Waals surface area contributed by atoms with Gasteiger partial charge in [0, 0.05) is 12.8 Å². The molecule has 1 aromatic rings. The van der Waals surface area contributed by atoms with E-state index in [1.54, 1.807) is 0 Å². The number of ketones is 2. The van der Waals surface area contributed by atoms with Crippen LogP contribution in [-0.2, 0) is 19.8 Å². The second-order valence-electron chi connectivity index (χ2n) is 6.18. The van der Waals surface area contributed by atoms with E-state index in [9.17, 15) is 19.5 Å². The van der Waals surface area contributed by atoms with Crippen molar-refractivity contribution >= 4 is 17.5 Å². The second kappa shape index (κ2) is 4.79. The van der Waals surface area contributed by atoms with Crippen LogP contribution in [0.3, 0.4) is 0 Å². The van der Waals surface area contributed by atoms with Gasteiger partial charge in [-0.05, 0) is 31.2 Å². The number of carboxylic acids is 1. The Morgan fingerprint density at radius 2 is 1.43 bits per heavy atom. The van der Waals surface area contributed by atoms with Crippen LogP contribution < -0.4 is 0 Å². The average molecular weight is 286 g/mol. The molecule has 21 heavy (non-hydrogen) atoms. The molecule has 2 aliphatic rings. The lowest BCUT2D eigenvalue weighted by Gasteiger charge is -2.41. The van der Waals surface area contributed by atoms with Crippen molar-refractivity contribution < 1.29 is 19.5 Å². The normalized spacial score (nSPS) is 23.4. The molecule has 1 spiro atoms. The van der Waals surface area contributed by atoms with Crippen molar-refractivity contribution in [3.63, 3.8) is 0 Å². The largest absolute Gasteiger partial charge is 0.481 e. The first-order valence-electron chi connectivity index (χ1n) is 7.37. The summed E-state index contributed by atoms with van der Waals surface area (Å²) in [7, 11) is 0. The highest BCUT2D eigenvalue weighted by Gasteiger charge is 2.56. The maximum Gasteiger partial charge on any atom is 0.314 e. The van der Waals surface area contributed by atoms with Gasteiger partial charge in [-0.3, -0.25) is 14.4 Å².